The van der Waals surface area contributed by atoms with Crippen LogP contribution in [0.4, 0.5) is 10.3 Å². The molecule has 146 valence electrons. The standard InChI is InChI=1S/C19H20FN5O2S/c1-19(2,3)25-28(26,27)16-7-5-4-6-14(16)12-8-15(20)17(22-9-12)13-10-23-18(21)24-11-13/h4-11,25H,1-3H3,(H2,21,23,24). The smallest absolute Gasteiger partial charge is 0.241 e. The van der Waals surface area contributed by atoms with Crippen LogP contribution in [-0.4, -0.2) is 28.9 Å². The number of hydrogen-bond donors (Lipinski definition) is 2. The Balaban J connectivity index is 2.06. The molecular weight excluding hydrogens is 381 g/mol. The summed E-state index contributed by atoms with van der Waals surface area (Å²) in [5.41, 5.74) is 5.90. The van der Waals surface area contributed by atoms with E-state index in [-0.39, 0.29) is 16.5 Å². The molecule has 0 saturated carbocycles. The summed E-state index contributed by atoms with van der Waals surface area (Å²) < 4.78 is 42.9. The van der Waals surface area contributed by atoms with Gasteiger partial charge in [0.15, 0.2) is 0 Å². The molecule has 3 aromatic rings. The molecule has 28 heavy (non-hydrogen) atoms. The van der Waals surface area contributed by atoms with Gasteiger partial charge in [-0.25, -0.2) is 27.5 Å². The third-order valence-corrected chi connectivity index (χ3v) is 5.53. The first-order valence-electron chi connectivity index (χ1n) is 8.44. The van der Waals surface area contributed by atoms with Crippen molar-refractivity contribution < 1.29 is 12.8 Å². The lowest BCUT2D eigenvalue weighted by molar-refractivity contribution is 0.491. The van der Waals surface area contributed by atoms with Crippen LogP contribution in [0.25, 0.3) is 22.4 Å². The van der Waals surface area contributed by atoms with Crippen LogP contribution in [0.1, 0.15) is 20.8 Å². The second-order valence-corrected chi connectivity index (χ2v) is 8.89. The molecule has 0 radical (unpaired) electrons. The summed E-state index contributed by atoms with van der Waals surface area (Å²) >= 11 is 0. The number of aromatic nitrogens is 3. The van der Waals surface area contributed by atoms with Gasteiger partial charge in [-0.05, 0) is 32.9 Å². The van der Waals surface area contributed by atoms with Gasteiger partial charge >= 0.3 is 0 Å². The van der Waals surface area contributed by atoms with E-state index >= 15 is 0 Å². The molecule has 0 atom stereocenters. The van der Waals surface area contributed by atoms with E-state index in [1.807, 2.05) is 0 Å². The number of nitrogens with zero attached hydrogens (tertiary/aromatic N) is 3. The summed E-state index contributed by atoms with van der Waals surface area (Å²) in [7, 11) is -3.81. The fourth-order valence-corrected chi connectivity index (χ4v) is 4.30. The molecule has 2 heterocycles. The van der Waals surface area contributed by atoms with Crippen LogP contribution < -0.4 is 10.5 Å². The van der Waals surface area contributed by atoms with Gasteiger partial charge in [-0.15, -0.1) is 0 Å². The number of nitrogens with two attached hydrogens (primary N) is 1. The molecule has 1 aromatic carbocycles. The van der Waals surface area contributed by atoms with Gasteiger partial charge in [-0.3, -0.25) is 4.98 Å². The van der Waals surface area contributed by atoms with Crippen LogP contribution in [0.15, 0.2) is 53.8 Å². The molecule has 0 amide bonds. The van der Waals surface area contributed by atoms with Crippen molar-refractivity contribution >= 4 is 16.0 Å². The van der Waals surface area contributed by atoms with Gasteiger partial charge in [0.25, 0.3) is 0 Å². The summed E-state index contributed by atoms with van der Waals surface area (Å²) in [6, 6.07) is 7.63. The number of benzene rings is 1. The largest absolute Gasteiger partial charge is 0.368 e. The zero-order valence-electron chi connectivity index (χ0n) is 15.6. The van der Waals surface area contributed by atoms with Crippen molar-refractivity contribution in [3.8, 4) is 22.4 Å². The lowest BCUT2D eigenvalue weighted by atomic mass is 10.1. The second-order valence-electron chi connectivity index (χ2n) is 7.24. The summed E-state index contributed by atoms with van der Waals surface area (Å²) in [6.07, 6.45) is 4.17. The van der Waals surface area contributed by atoms with Gasteiger partial charge in [-0.2, -0.15) is 0 Å². The Morgan fingerprint density at radius 3 is 2.21 bits per heavy atom. The molecule has 0 saturated heterocycles. The van der Waals surface area contributed by atoms with E-state index in [1.54, 1.807) is 39.0 Å². The number of halogens is 1. The molecule has 9 heteroatoms. The van der Waals surface area contributed by atoms with Crippen LogP contribution in [0.3, 0.4) is 0 Å². The maximum Gasteiger partial charge on any atom is 0.241 e. The first kappa shape index (κ1) is 19.8. The third-order valence-electron chi connectivity index (χ3n) is 3.71. The lowest BCUT2D eigenvalue weighted by Crippen LogP contribution is -2.40. The Kier molecular flexibility index (Phi) is 5.14. The molecule has 3 N–H and O–H groups in total. The fraction of sp³-hybridized carbons (Fsp3) is 0.211. The summed E-state index contributed by atoms with van der Waals surface area (Å²) in [4.78, 5) is 11.9. The predicted octanol–water partition coefficient (Wildman–Crippen LogP) is 3.00. The normalized spacial score (nSPS) is 12.1. The Bertz CT molecular complexity index is 1110. The van der Waals surface area contributed by atoms with Gasteiger partial charge in [0, 0.05) is 40.8 Å². The van der Waals surface area contributed by atoms with E-state index in [9.17, 15) is 12.8 Å². The minimum absolute atomic E-state index is 0.0506. The van der Waals surface area contributed by atoms with E-state index in [0.29, 0.717) is 16.7 Å². The van der Waals surface area contributed by atoms with Crippen molar-refractivity contribution in [2.24, 2.45) is 0 Å². The average molecular weight is 401 g/mol. The molecule has 2 aromatic heterocycles. The van der Waals surface area contributed by atoms with Crippen molar-refractivity contribution in [1.82, 2.24) is 19.7 Å². The van der Waals surface area contributed by atoms with Gasteiger partial charge < -0.3 is 5.73 Å². The van der Waals surface area contributed by atoms with Gasteiger partial charge in [-0.1, -0.05) is 18.2 Å². The SMILES string of the molecule is CC(C)(C)NS(=O)(=O)c1ccccc1-c1cnc(-c2cnc(N)nc2)c(F)c1. The van der Waals surface area contributed by atoms with E-state index < -0.39 is 21.4 Å². The molecule has 7 nitrogen and oxygen atoms in total. The fourth-order valence-electron chi connectivity index (χ4n) is 2.66. The predicted molar refractivity (Wildman–Crippen MR) is 105 cm³/mol. The number of anilines is 1. The van der Waals surface area contributed by atoms with Crippen LogP contribution in [-0.2, 0) is 10.0 Å². The minimum atomic E-state index is -3.81. The maximum absolute atomic E-state index is 14.7. The van der Waals surface area contributed by atoms with Gasteiger partial charge in [0.1, 0.15) is 11.5 Å². The average Bonchev–Trinajstić information content (AvgIpc) is 2.61. The van der Waals surface area contributed by atoms with Crippen LogP contribution in [0.5, 0.6) is 0 Å². The van der Waals surface area contributed by atoms with Crippen LogP contribution >= 0.6 is 0 Å². The Labute approximate surface area is 162 Å². The highest BCUT2D eigenvalue weighted by Crippen LogP contribution is 2.30. The first-order valence-corrected chi connectivity index (χ1v) is 9.92. The maximum atomic E-state index is 14.7. The van der Waals surface area contributed by atoms with Gasteiger partial charge in [0.2, 0.25) is 16.0 Å². The number of pyridine rings is 1. The molecule has 0 aliphatic rings. The van der Waals surface area contributed by atoms with Crippen LogP contribution in [0, 0.1) is 5.82 Å². The third kappa shape index (κ3) is 4.32. The van der Waals surface area contributed by atoms with Gasteiger partial charge in [0.05, 0.1) is 4.90 Å². The Morgan fingerprint density at radius 1 is 1.00 bits per heavy atom. The molecule has 0 bridgehead atoms. The summed E-state index contributed by atoms with van der Waals surface area (Å²) in [5, 5.41) is 0. The quantitative estimate of drug-likeness (QED) is 0.695. The van der Waals surface area contributed by atoms with Crippen molar-refractivity contribution in [2.75, 3.05) is 5.73 Å². The number of hydrogen-bond acceptors (Lipinski definition) is 6. The minimum Gasteiger partial charge on any atom is -0.368 e. The number of rotatable bonds is 4. The summed E-state index contributed by atoms with van der Waals surface area (Å²) in [6.45, 7) is 5.24. The molecule has 0 unspecified atom stereocenters. The van der Waals surface area contributed by atoms with Crippen molar-refractivity contribution in [1.29, 1.82) is 0 Å². The molecule has 0 aliphatic carbocycles. The molecule has 0 fully saturated rings. The zero-order valence-corrected chi connectivity index (χ0v) is 16.5. The first-order chi connectivity index (χ1) is 13.1. The zero-order chi connectivity index (χ0) is 20.5. The van der Waals surface area contributed by atoms with E-state index in [4.69, 9.17) is 5.73 Å². The lowest BCUT2D eigenvalue weighted by Gasteiger charge is -2.21. The molecule has 0 spiro atoms. The van der Waals surface area contributed by atoms with E-state index in [0.717, 1.165) is 0 Å². The van der Waals surface area contributed by atoms with Crippen molar-refractivity contribution in [2.45, 2.75) is 31.2 Å². The molecule has 3 rings (SSSR count). The van der Waals surface area contributed by atoms with E-state index in [1.165, 1.54) is 30.7 Å². The highest BCUT2D eigenvalue weighted by molar-refractivity contribution is 7.89. The molecule has 0 aliphatic heterocycles. The topological polar surface area (TPSA) is 111 Å². The highest BCUT2D eigenvalue weighted by atomic mass is 32.2. The van der Waals surface area contributed by atoms with Crippen molar-refractivity contribution in [3.05, 3.63) is 54.7 Å². The number of nitrogen functional groups attached to an aromatic ring is 1. The van der Waals surface area contributed by atoms with E-state index in [2.05, 4.69) is 19.7 Å². The number of nitrogens with one attached hydrogen (secondary N) is 1. The van der Waals surface area contributed by atoms with Crippen LogP contribution in [0.2, 0.25) is 0 Å². The highest BCUT2D eigenvalue weighted by Gasteiger charge is 2.25. The van der Waals surface area contributed by atoms with Crippen molar-refractivity contribution in [3.63, 3.8) is 0 Å². The Hall–Kier alpha value is -2.91. The summed E-state index contributed by atoms with van der Waals surface area (Å²) in [5.74, 6) is -0.548. The Morgan fingerprint density at radius 2 is 1.61 bits per heavy atom. The second kappa shape index (κ2) is 7.25. The molecular formula is C19H20FN5O2S. The monoisotopic (exact) mass is 401 g/mol. The number of sulfonamides is 1.